The molecule has 0 radical (unpaired) electrons. The summed E-state index contributed by atoms with van der Waals surface area (Å²) in [5.74, 6) is -2.30. The predicted molar refractivity (Wildman–Crippen MR) is 45.3 cm³/mol. The van der Waals surface area contributed by atoms with E-state index in [1.165, 1.54) is 6.07 Å². The Labute approximate surface area is 95.7 Å². The van der Waals surface area contributed by atoms with Crippen molar-refractivity contribution in [3.05, 3.63) is 29.6 Å². The number of rotatable bonds is 2. The number of carboxylic acid groups (broad SMARTS) is 2. The minimum absolute atomic E-state index is 0. The van der Waals surface area contributed by atoms with E-state index in [1.54, 1.807) is 0 Å². The summed E-state index contributed by atoms with van der Waals surface area (Å²) in [7, 11) is 0. The molecule has 0 aromatic carbocycles. The number of hydrogen-bond acceptors (Lipinski definition) is 3. The van der Waals surface area contributed by atoms with Gasteiger partial charge in [0, 0.05) is 6.20 Å². The van der Waals surface area contributed by atoms with Crippen LogP contribution >= 0.6 is 0 Å². The van der Waals surface area contributed by atoms with Crippen LogP contribution in [0.5, 0.6) is 0 Å². The van der Waals surface area contributed by atoms with E-state index in [0.29, 0.717) is 0 Å². The Morgan fingerprint density at radius 3 is 2.08 bits per heavy atom. The summed E-state index contributed by atoms with van der Waals surface area (Å²) in [6, 6.07) is 2.34. The first kappa shape index (κ1) is 12.1. The van der Waals surface area contributed by atoms with Crippen LogP contribution in [0.2, 0.25) is 0 Å². The number of nitrogens with zero attached hydrogens (tertiary/aromatic N) is 1. The molecule has 64 valence electrons. The minimum atomic E-state index is -1.17. The van der Waals surface area contributed by atoms with Crippen LogP contribution in [0.15, 0.2) is 18.3 Å². The van der Waals surface area contributed by atoms with Crippen LogP contribution in [0.25, 0.3) is 0 Å². The normalized spacial score (nSPS) is 8.62. The molecule has 0 saturated heterocycles. The van der Waals surface area contributed by atoms with Gasteiger partial charge in [0.2, 0.25) is 0 Å². The SMILES string of the molecule is O=C(O)c1ccc(C(=O)O)nc1.[NaH]. The number of aromatic carboxylic acids is 2. The first-order chi connectivity index (χ1) is 5.61. The van der Waals surface area contributed by atoms with Crippen molar-refractivity contribution in [1.82, 2.24) is 4.98 Å². The molecule has 6 heteroatoms. The van der Waals surface area contributed by atoms with E-state index in [2.05, 4.69) is 4.98 Å². The molecule has 0 bridgehead atoms. The molecule has 1 aromatic heterocycles. The molecule has 2 N–H and O–H groups in total. The summed E-state index contributed by atoms with van der Waals surface area (Å²) in [5.41, 5.74) is -0.194. The molecule has 0 unspecified atom stereocenters. The maximum absolute atomic E-state index is 10.3. The zero-order valence-corrected chi connectivity index (χ0v) is 5.89. The van der Waals surface area contributed by atoms with E-state index >= 15 is 0 Å². The number of hydrogen-bond donors (Lipinski definition) is 2. The first-order valence-corrected chi connectivity index (χ1v) is 3.04. The zero-order valence-electron chi connectivity index (χ0n) is 5.89. The van der Waals surface area contributed by atoms with Crippen LogP contribution in [0.1, 0.15) is 20.8 Å². The number of pyridine rings is 1. The third kappa shape index (κ3) is 3.14. The van der Waals surface area contributed by atoms with E-state index in [-0.39, 0.29) is 40.8 Å². The van der Waals surface area contributed by atoms with Gasteiger partial charge in [-0.15, -0.1) is 0 Å². The maximum atomic E-state index is 10.3. The molecular weight excluding hydrogens is 185 g/mol. The molecule has 0 aliphatic rings. The predicted octanol–water partition coefficient (Wildman–Crippen LogP) is -0.171. The quantitative estimate of drug-likeness (QED) is 0.633. The van der Waals surface area contributed by atoms with Gasteiger partial charge in [-0.05, 0) is 12.1 Å². The van der Waals surface area contributed by atoms with Gasteiger partial charge in [-0.3, -0.25) is 0 Å². The first-order valence-electron chi connectivity index (χ1n) is 3.04. The second kappa shape index (κ2) is 4.96. The molecule has 0 atom stereocenters. The standard InChI is InChI=1S/C7H5NO4.Na.H/c9-6(10)4-1-2-5(7(11)12)8-3-4;;/h1-3H,(H,9,10)(H,11,12);;. The molecule has 0 saturated carbocycles. The number of aromatic nitrogens is 1. The van der Waals surface area contributed by atoms with Gasteiger partial charge >= 0.3 is 41.5 Å². The van der Waals surface area contributed by atoms with Crippen molar-refractivity contribution in [2.45, 2.75) is 0 Å². The Morgan fingerprint density at radius 1 is 1.15 bits per heavy atom. The average Bonchev–Trinajstić information content (AvgIpc) is 2.04. The van der Waals surface area contributed by atoms with Crippen molar-refractivity contribution in [3.8, 4) is 0 Å². The van der Waals surface area contributed by atoms with Crippen LogP contribution in [-0.4, -0.2) is 56.7 Å². The fourth-order valence-corrected chi connectivity index (χ4v) is 0.647. The fourth-order valence-electron chi connectivity index (χ4n) is 0.647. The third-order valence-electron chi connectivity index (χ3n) is 1.23. The van der Waals surface area contributed by atoms with E-state index in [1.807, 2.05) is 0 Å². The summed E-state index contributed by atoms with van der Waals surface area (Å²) in [6.07, 6.45) is 1.01. The second-order valence-electron chi connectivity index (χ2n) is 2.04. The van der Waals surface area contributed by atoms with Crippen LogP contribution in [-0.2, 0) is 0 Å². The van der Waals surface area contributed by atoms with Crippen LogP contribution in [0.3, 0.4) is 0 Å². The molecular formula is C7H6NNaO4. The average molecular weight is 191 g/mol. The summed E-state index contributed by atoms with van der Waals surface area (Å²) >= 11 is 0. The zero-order chi connectivity index (χ0) is 9.14. The van der Waals surface area contributed by atoms with E-state index < -0.39 is 11.9 Å². The van der Waals surface area contributed by atoms with Crippen molar-refractivity contribution < 1.29 is 19.8 Å². The van der Waals surface area contributed by atoms with Crippen molar-refractivity contribution in [2.24, 2.45) is 0 Å². The molecule has 1 heterocycles. The van der Waals surface area contributed by atoms with Gasteiger partial charge in [-0.2, -0.15) is 0 Å². The van der Waals surface area contributed by atoms with Crippen LogP contribution in [0.4, 0.5) is 0 Å². The Morgan fingerprint density at radius 2 is 1.77 bits per heavy atom. The van der Waals surface area contributed by atoms with E-state index in [4.69, 9.17) is 10.2 Å². The van der Waals surface area contributed by atoms with Gasteiger partial charge in [-0.25, -0.2) is 14.6 Å². The van der Waals surface area contributed by atoms with E-state index in [9.17, 15) is 9.59 Å². The van der Waals surface area contributed by atoms with Crippen LogP contribution < -0.4 is 0 Å². The monoisotopic (exact) mass is 191 g/mol. The Hall–Kier alpha value is -0.910. The summed E-state index contributed by atoms with van der Waals surface area (Å²) < 4.78 is 0. The number of carbonyl (C=O) groups is 2. The topological polar surface area (TPSA) is 87.5 Å². The molecule has 0 amide bonds. The molecule has 0 fully saturated rings. The number of carboxylic acids is 2. The molecule has 0 aliphatic carbocycles. The van der Waals surface area contributed by atoms with Gasteiger partial charge in [-0.1, -0.05) is 0 Å². The Bertz CT molecular complexity index is 289. The van der Waals surface area contributed by atoms with Gasteiger partial charge in [0.25, 0.3) is 0 Å². The molecule has 1 aromatic rings. The van der Waals surface area contributed by atoms with Crippen molar-refractivity contribution in [3.63, 3.8) is 0 Å². The Kier molecular flexibility index (Phi) is 4.61. The molecule has 0 aliphatic heterocycles. The summed E-state index contributed by atoms with van der Waals surface area (Å²) in [4.78, 5) is 24.0. The molecule has 1 rings (SSSR count). The second-order valence-corrected chi connectivity index (χ2v) is 2.04. The van der Waals surface area contributed by atoms with E-state index in [0.717, 1.165) is 12.3 Å². The van der Waals surface area contributed by atoms with Gasteiger partial charge in [0.05, 0.1) is 5.56 Å². The third-order valence-corrected chi connectivity index (χ3v) is 1.23. The van der Waals surface area contributed by atoms with Crippen molar-refractivity contribution in [2.75, 3.05) is 0 Å². The van der Waals surface area contributed by atoms with Crippen molar-refractivity contribution >= 4 is 41.5 Å². The van der Waals surface area contributed by atoms with Crippen molar-refractivity contribution in [1.29, 1.82) is 0 Å². The van der Waals surface area contributed by atoms with Gasteiger partial charge in [0.1, 0.15) is 5.69 Å². The molecule has 0 spiro atoms. The summed E-state index contributed by atoms with van der Waals surface area (Å²) in [5, 5.41) is 16.8. The van der Waals surface area contributed by atoms with Gasteiger partial charge in [0.15, 0.2) is 0 Å². The molecule has 5 nitrogen and oxygen atoms in total. The molecule has 13 heavy (non-hydrogen) atoms. The fraction of sp³-hybridized carbons (Fsp3) is 0. The Balaban J connectivity index is 0.00000144. The van der Waals surface area contributed by atoms with Crippen LogP contribution in [0, 0.1) is 0 Å². The summed E-state index contributed by atoms with van der Waals surface area (Å²) in [6.45, 7) is 0. The van der Waals surface area contributed by atoms with Gasteiger partial charge < -0.3 is 10.2 Å².